The Balaban J connectivity index is 3.43. The highest BCUT2D eigenvalue weighted by molar-refractivity contribution is 6.29. The van der Waals surface area contributed by atoms with Crippen molar-refractivity contribution in [3.8, 4) is 0 Å². The van der Waals surface area contributed by atoms with E-state index >= 15 is 0 Å². The predicted octanol–water partition coefficient (Wildman–Crippen LogP) is 0.253. The van der Waals surface area contributed by atoms with Crippen LogP contribution in [0.1, 0.15) is 0 Å². The molecule has 48 valence electrons. The van der Waals surface area contributed by atoms with Crippen LogP contribution in [-0.4, -0.2) is 14.9 Å². The van der Waals surface area contributed by atoms with Gasteiger partial charge in [0.1, 0.15) is 0 Å². The molecule has 0 aliphatic carbocycles. The topological polar surface area (TPSA) is 61.9 Å². The summed E-state index contributed by atoms with van der Waals surface area (Å²) < 4.78 is 0.488. The summed E-state index contributed by atoms with van der Waals surface area (Å²) in [5, 5.41) is 15.7. The summed E-state index contributed by atoms with van der Waals surface area (Å²) in [7, 11) is 0. The predicted molar refractivity (Wildman–Crippen MR) is 30.3 cm³/mol. The molecule has 0 spiro atoms. The van der Waals surface area contributed by atoms with Gasteiger partial charge in [0.2, 0.25) is 0 Å². The van der Waals surface area contributed by atoms with Crippen molar-refractivity contribution in [3.05, 3.63) is 23.0 Å². The quantitative estimate of drug-likeness (QED) is 0.406. The number of hydrogen-bond acceptors (Lipinski definition) is 3. The molecule has 1 aromatic rings. The maximum Gasteiger partial charge on any atom is 0.256 e. The highest BCUT2D eigenvalue weighted by atomic mass is 35.5. The number of nitrogens with one attached hydrogen (secondary N) is 1. The molecule has 1 rings (SSSR count). The van der Waals surface area contributed by atoms with E-state index < -0.39 is 0 Å². The van der Waals surface area contributed by atoms with Crippen molar-refractivity contribution in [3.63, 3.8) is 0 Å². The number of halogens is 1. The molecule has 4 nitrogen and oxygen atoms in total. The zero-order valence-corrected chi connectivity index (χ0v) is 5.13. The summed E-state index contributed by atoms with van der Waals surface area (Å²) in [6.07, 6.45) is 1.34. The average molecular weight is 146 g/mol. The smallest absolute Gasteiger partial charge is 0.256 e. The van der Waals surface area contributed by atoms with Gasteiger partial charge in [0.25, 0.3) is 5.62 Å². The molecule has 5 heteroatoms. The van der Waals surface area contributed by atoms with Gasteiger partial charge in [-0.15, -0.1) is 4.73 Å². The summed E-state index contributed by atoms with van der Waals surface area (Å²) in [5.41, 5.74) is -0.275. The van der Waals surface area contributed by atoms with Crippen LogP contribution in [0, 0.1) is 5.41 Å². The van der Waals surface area contributed by atoms with E-state index in [0.29, 0.717) is 4.73 Å². The van der Waals surface area contributed by atoms with E-state index in [2.05, 4.69) is 4.98 Å². The second kappa shape index (κ2) is 2.06. The summed E-state index contributed by atoms with van der Waals surface area (Å²) in [5.74, 6) is 0. The van der Waals surface area contributed by atoms with E-state index in [1.165, 1.54) is 12.3 Å². The van der Waals surface area contributed by atoms with Gasteiger partial charge in [-0.3, -0.25) is 5.41 Å². The van der Waals surface area contributed by atoms with Gasteiger partial charge >= 0.3 is 0 Å². The van der Waals surface area contributed by atoms with E-state index in [9.17, 15) is 0 Å². The molecule has 0 amide bonds. The van der Waals surface area contributed by atoms with Gasteiger partial charge in [0.15, 0.2) is 5.15 Å². The second-order valence-corrected chi connectivity index (χ2v) is 1.79. The Labute approximate surface area is 55.8 Å². The molecular formula is C4H4ClN3O. The number of rotatable bonds is 0. The Morgan fingerprint density at radius 2 is 2.44 bits per heavy atom. The number of hydrogen-bond donors (Lipinski definition) is 2. The number of nitrogens with zero attached hydrogens (tertiary/aromatic N) is 2. The molecule has 0 fully saturated rings. The fourth-order valence-electron chi connectivity index (χ4n) is 0.396. The molecule has 0 saturated carbocycles. The molecule has 9 heavy (non-hydrogen) atoms. The number of aromatic nitrogens is 2. The first-order chi connectivity index (χ1) is 4.22. The Morgan fingerprint density at radius 3 is 2.89 bits per heavy atom. The van der Waals surface area contributed by atoms with Crippen molar-refractivity contribution in [2.45, 2.75) is 0 Å². The highest BCUT2D eigenvalue weighted by Gasteiger charge is 1.92. The van der Waals surface area contributed by atoms with Crippen molar-refractivity contribution in [2.24, 2.45) is 0 Å². The van der Waals surface area contributed by atoms with Crippen LogP contribution < -0.4 is 5.62 Å². The third kappa shape index (κ3) is 1.02. The fraction of sp³-hybridized carbons (Fsp3) is 0. The molecule has 0 aliphatic heterocycles. The Bertz CT molecular complexity index is 269. The van der Waals surface area contributed by atoms with Crippen LogP contribution in [0.2, 0.25) is 5.15 Å². The monoisotopic (exact) mass is 145 g/mol. The van der Waals surface area contributed by atoms with Crippen molar-refractivity contribution in [2.75, 3.05) is 0 Å². The van der Waals surface area contributed by atoms with Crippen molar-refractivity contribution < 1.29 is 5.21 Å². The SMILES string of the molecule is N=c1nccc(Cl)n1O. The molecule has 1 aromatic heterocycles. The zero-order valence-electron chi connectivity index (χ0n) is 4.37. The lowest BCUT2D eigenvalue weighted by molar-refractivity contribution is 0.166. The third-order valence-corrected chi connectivity index (χ3v) is 1.10. The second-order valence-electron chi connectivity index (χ2n) is 1.40. The van der Waals surface area contributed by atoms with Crippen LogP contribution in [0.25, 0.3) is 0 Å². The van der Waals surface area contributed by atoms with Gasteiger partial charge in [0, 0.05) is 6.20 Å². The Kier molecular flexibility index (Phi) is 1.40. The van der Waals surface area contributed by atoms with E-state index in [1.807, 2.05) is 0 Å². The maximum atomic E-state index is 8.74. The first-order valence-corrected chi connectivity index (χ1v) is 2.57. The highest BCUT2D eigenvalue weighted by Crippen LogP contribution is 1.98. The van der Waals surface area contributed by atoms with Crippen LogP contribution >= 0.6 is 11.6 Å². The Hall–Kier alpha value is -1.03. The lowest BCUT2D eigenvalue weighted by atomic mass is 10.7. The summed E-state index contributed by atoms with van der Waals surface area (Å²) in [6, 6.07) is 1.39. The van der Waals surface area contributed by atoms with Crippen LogP contribution in [0.4, 0.5) is 0 Å². The van der Waals surface area contributed by atoms with Gasteiger partial charge in [-0.2, -0.15) is 0 Å². The fourth-order valence-corrected chi connectivity index (χ4v) is 0.532. The summed E-state index contributed by atoms with van der Waals surface area (Å²) in [4.78, 5) is 3.43. The average Bonchev–Trinajstić information content (AvgIpc) is 1.83. The minimum Gasteiger partial charge on any atom is -0.424 e. The molecule has 0 radical (unpaired) electrons. The lowest BCUT2D eigenvalue weighted by Gasteiger charge is -1.95. The van der Waals surface area contributed by atoms with E-state index in [0.717, 1.165) is 0 Å². The summed E-state index contributed by atoms with van der Waals surface area (Å²) in [6.45, 7) is 0. The van der Waals surface area contributed by atoms with Crippen molar-refractivity contribution in [1.82, 2.24) is 9.71 Å². The van der Waals surface area contributed by atoms with Crippen molar-refractivity contribution >= 4 is 11.6 Å². The Morgan fingerprint density at radius 1 is 1.78 bits per heavy atom. The van der Waals surface area contributed by atoms with Gasteiger partial charge < -0.3 is 5.21 Å². The van der Waals surface area contributed by atoms with Crippen LogP contribution in [0.5, 0.6) is 0 Å². The molecule has 0 aromatic carbocycles. The normalized spacial score (nSPS) is 9.44. The first-order valence-electron chi connectivity index (χ1n) is 2.19. The van der Waals surface area contributed by atoms with Crippen LogP contribution in [-0.2, 0) is 0 Å². The standard InChI is InChI=1S/C4H4ClN3O/c5-3-1-2-7-4(6)8(3)9/h1-2,6,9H. The molecule has 0 atom stereocenters. The van der Waals surface area contributed by atoms with E-state index in [1.54, 1.807) is 0 Å². The molecule has 2 N–H and O–H groups in total. The van der Waals surface area contributed by atoms with E-state index in [4.69, 9.17) is 22.2 Å². The molecule has 1 heterocycles. The molecule has 0 aliphatic rings. The molecule has 0 unspecified atom stereocenters. The first kappa shape index (κ1) is 6.10. The molecule has 0 saturated heterocycles. The third-order valence-electron chi connectivity index (χ3n) is 0.812. The van der Waals surface area contributed by atoms with Crippen LogP contribution in [0.3, 0.4) is 0 Å². The van der Waals surface area contributed by atoms with E-state index in [-0.39, 0.29) is 10.8 Å². The van der Waals surface area contributed by atoms with Gasteiger partial charge in [-0.1, -0.05) is 11.6 Å². The lowest BCUT2D eigenvalue weighted by Crippen LogP contribution is -2.20. The maximum absolute atomic E-state index is 8.74. The minimum absolute atomic E-state index is 0.0787. The van der Waals surface area contributed by atoms with Crippen LogP contribution in [0.15, 0.2) is 12.3 Å². The van der Waals surface area contributed by atoms with Gasteiger partial charge in [0.05, 0.1) is 0 Å². The van der Waals surface area contributed by atoms with Gasteiger partial charge in [-0.05, 0) is 6.07 Å². The van der Waals surface area contributed by atoms with Gasteiger partial charge in [-0.25, -0.2) is 4.98 Å². The zero-order chi connectivity index (χ0) is 6.85. The summed E-state index contributed by atoms with van der Waals surface area (Å²) >= 11 is 5.37. The molecule has 0 bridgehead atoms. The minimum atomic E-state index is -0.275. The molecular weight excluding hydrogens is 142 g/mol. The largest absolute Gasteiger partial charge is 0.424 e. The van der Waals surface area contributed by atoms with Crippen molar-refractivity contribution in [1.29, 1.82) is 5.41 Å².